The molecule has 0 spiro atoms. The zero-order valence-corrected chi connectivity index (χ0v) is 13.4. The average Bonchev–Trinajstić information content (AvgIpc) is 2.71. The Morgan fingerprint density at radius 1 is 1.05 bits per heavy atom. The van der Waals surface area contributed by atoms with Gasteiger partial charge in [0.15, 0.2) is 0 Å². The van der Waals surface area contributed by atoms with Crippen LogP contribution in [0.25, 0.3) is 0 Å². The van der Waals surface area contributed by atoms with Crippen LogP contribution >= 0.6 is 0 Å². The molecule has 2 rings (SSSR count). The Bertz CT molecular complexity index is 488. The van der Waals surface area contributed by atoms with Crippen LogP contribution in [0.4, 0.5) is 19.0 Å². The maximum Gasteiger partial charge on any atom is 0.433 e. The van der Waals surface area contributed by atoms with Gasteiger partial charge >= 0.3 is 6.18 Å². The van der Waals surface area contributed by atoms with Crippen molar-refractivity contribution < 1.29 is 13.2 Å². The lowest BCUT2D eigenvalue weighted by molar-refractivity contribution is -0.141. The van der Waals surface area contributed by atoms with Crippen LogP contribution in [0, 0.1) is 5.92 Å². The second kappa shape index (κ2) is 6.86. The minimum atomic E-state index is -4.39. The van der Waals surface area contributed by atoms with Gasteiger partial charge in [0, 0.05) is 32.2 Å². The van der Waals surface area contributed by atoms with Crippen LogP contribution < -0.4 is 4.90 Å². The van der Waals surface area contributed by atoms with E-state index in [0.717, 1.165) is 32.1 Å². The molecule has 0 N–H and O–H groups in total. The zero-order chi connectivity index (χ0) is 16.3. The topological polar surface area (TPSA) is 19.4 Å². The molecule has 3 nitrogen and oxygen atoms in total. The Morgan fingerprint density at radius 3 is 2.41 bits per heavy atom. The lowest BCUT2D eigenvalue weighted by atomic mass is 10.0. The molecule has 0 radical (unpaired) electrons. The molecule has 1 aliphatic heterocycles. The minimum Gasteiger partial charge on any atom is -0.355 e. The number of anilines is 1. The number of pyridine rings is 1. The van der Waals surface area contributed by atoms with E-state index in [4.69, 9.17) is 0 Å². The van der Waals surface area contributed by atoms with E-state index in [1.807, 2.05) is 4.90 Å². The third-order valence-corrected chi connectivity index (χ3v) is 4.42. The number of hydrogen-bond donors (Lipinski definition) is 0. The highest BCUT2D eigenvalue weighted by Crippen LogP contribution is 2.29. The van der Waals surface area contributed by atoms with E-state index >= 15 is 0 Å². The Labute approximate surface area is 130 Å². The van der Waals surface area contributed by atoms with E-state index in [0.29, 0.717) is 24.3 Å². The molecular weight excluding hydrogens is 291 g/mol. The Hall–Kier alpha value is -1.30. The molecule has 1 aliphatic rings. The summed E-state index contributed by atoms with van der Waals surface area (Å²) < 4.78 is 38.3. The number of aromatic nitrogens is 1. The molecule has 1 atom stereocenters. The molecule has 0 amide bonds. The van der Waals surface area contributed by atoms with Crippen molar-refractivity contribution in [1.82, 2.24) is 9.88 Å². The van der Waals surface area contributed by atoms with Crippen molar-refractivity contribution >= 4 is 5.82 Å². The molecule has 1 aromatic rings. The summed E-state index contributed by atoms with van der Waals surface area (Å²) in [5.74, 6) is 0.993. The minimum absolute atomic E-state index is 0.425. The predicted octanol–water partition coefficient (Wildman–Crippen LogP) is 3.66. The fraction of sp³-hybridized carbons (Fsp3) is 0.688. The van der Waals surface area contributed by atoms with Gasteiger partial charge in [-0.1, -0.05) is 19.9 Å². The molecule has 1 aromatic heterocycles. The molecule has 2 heterocycles. The Kier molecular flexibility index (Phi) is 5.32. The van der Waals surface area contributed by atoms with Gasteiger partial charge in [-0.2, -0.15) is 13.2 Å². The lowest BCUT2D eigenvalue weighted by Gasteiger charge is -2.30. The third-order valence-electron chi connectivity index (χ3n) is 4.42. The number of rotatable bonds is 3. The van der Waals surface area contributed by atoms with Gasteiger partial charge in [0.05, 0.1) is 0 Å². The van der Waals surface area contributed by atoms with Crippen LogP contribution in [0.2, 0.25) is 0 Å². The van der Waals surface area contributed by atoms with E-state index in [9.17, 15) is 13.2 Å². The number of halogens is 3. The molecule has 22 heavy (non-hydrogen) atoms. The SMILES string of the molecule is CC(C)C(C)N1CCCN(c2cccc(C(F)(F)F)n2)CC1. The van der Waals surface area contributed by atoms with Crippen LogP contribution in [0.3, 0.4) is 0 Å². The van der Waals surface area contributed by atoms with Gasteiger partial charge in [-0.3, -0.25) is 4.90 Å². The normalized spacial score (nSPS) is 19.3. The monoisotopic (exact) mass is 315 g/mol. The average molecular weight is 315 g/mol. The first kappa shape index (κ1) is 17.1. The third kappa shape index (κ3) is 4.12. The summed E-state index contributed by atoms with van der Waals surface area (Å²) in [6, 6.07) is 4.60. The highest BCUT2D eigenvalue weighted by molar-refractivity contribution is 5.40. The lowest BCUT2D eigenvalue weighted by Crippen LogP contribution is -2.39. The first-order valence-corrected chi connectivity index (χ1v) is 7.82. The van der Waals surface area contributed by atoms with Crippen molar-refractivity contribution in [2.24, 2.45) is 5.92 Å². The maximum atomic E-state index is 12.8. The molecule has 0 saturated carbocycles. The smallest absolute Gasteiger partial charge is 0.355 e. The Balaban J connectivity index is 2.08. The summed E-state index contributed by atoms with van der Waals surface area (Å²) >= 11 is 0. The molecule has 1 fully saturated rings. The molecule has 0 aliphatic carbocycles. The quantitative estimate of drug-likeness (QED) is 0.848. The van der Waals surface area contributed by atoms with Crippen molar-refractivity contribution in [3.05, 3.63) is 23.9 Å². The van der Waals surface area contributed by atoms with Gasteiger partial charge < -0.3 is 4.90 Å². The summed E-state index contributed by atoms with van der Waals surface area (Å²) in [7, 11) is 0. The summed E-state index contributed by atoms with van der Waals surface area (Å²) in [6.07, 6.45) is -3.45. The van der Waals surface area contributed by atoms with Gasteiger partial charge in [-0.05, 0) is 31.4 Å². The Morgan fingerprint density at radius 2 is 1.77 bits per heavy atom. The number of alkyl halides is 3. The van der Waals surface area contributed by atoms with Crippen LogP contribution in [0.1, 0.15) is 32.9 Å². The van der Waals surface area contributed by atoms with Gasteiger partial charge in [-0.25, -0.2) is 4.98 Å². The molecule has 6 heteroatoms. The van der Waals surface area contributed by atoms with Gasteiger partial charge in [-0.15, -0.1) is 0 Å². The van der Waals surface area contributed by atoms with E-state index in [-0.39, 0.29) is 0 Å². The molecule has 1 unspecified atom stereocenters. The van der Waals surface area contributed by atoms with Crippen molar-refractivity contribution in [3.8, 4) is 0 Å². The standard InChI is InChI=1S/C16H24F3N3/c1-12(2)13(3)21-8-5-9-22(11-10-21)15-7-4-6-14(20-15)16(17,18)19/h4,6-7,12-13H,5,8-11H2,1-3H3. The van der Waals surface area contributed by atoms with Crippen LogP contribution in [0.5, 0.6) is 0 Å². The summed E-state index contributed by atoms with van der Waals surface area (Å²) in [5.41, 5.74) is -0.818. The van der Waals surface area contributed by atoms with Gasteiger partial charge in [0.2, 0.25) is 0 Å². The molecule has 1 saturated heterocycles. The first-order chi connectivity index (χ1) is 10.3. The second-order valence-electron chi connectivity index (χ2n) is 6.24. The molecule has 124 valence electrons. The highest BCUT2D eigenvalue weighted by atomic mass is 19.4. The molecule has 0 aromatic carbocycles. The zero-order valence-electron chi connectivity index (χ0n) is 13.4. The number of hydrogen-bond acceptors (Lipinski definition) is 3. The molecule has 0 bridgehead atoms. The van der Waals surface area contributed by atoms with Crippen LogP contribution in [-0.4, -0.2) is 42.1 Å². The fourth-order valence-corrected chi connectivity index (χ4v) is 2.75. The van der Waals surface area contributed by atoms with Gasteiger partial charge in [0.1, 0.15) is 11.5 Å². The highest BCUT2D eigenvalue weighted by Gasteiger charge is 2.33. The van der Waals surface area contributed by atoms with Crippen molar-refractivity contribution in [2.75, 3.05) is 31.1 Å². The van der Waals surface area contributed by atoms with E-state index < -0.39 is 11.9 Å². The summed E-state index contributed by atoms with van der Waals surface area (Å²) in [4.78, 5) is 8.17. The first-order valence-electron chi connectivity index (χ1n) is 7.82. The maximum absolute atomic E-state index is 12.8. The van der Waals surface area contributed by atoms with Crippen LogP contribution in [-0.2, 0) is 6.18 Å². The predicted molar refractivity (Wildman–Crippen MR) is 81.9 cm³/mol. The summed E-state index contributed by atoms with van der Waals surface area (Å²) in [6.45, 7) is 9.90. The van der Waals surface area contributed by atoms with Crippen molar-refractivity contribution in [3.63, 3.8) is 0 Å². The van der Waals surface area contributed by atoms with Crippen LogP contribution in [0.15, 0.2) is 18.2 Å². The van der Waals surface area contributed by atoms with Crippen molar-refractivity contribution in [2.45, 2.75) is 39.4 Å². The van der Waals surface area contributed by atoms with E-state index in [1.54, 1.807) is 6.07 Å². The second-order valence-corrected chi connectivity index (χ2v) is 6.24. The molecular formula is C16H24F3N3. The largest absolute Gasteiger partial charge is 0.433 e. The van der Waals surface area contributed by atoms with E-state index in [1.165, 1.54) is 6.07 Å². The summed E-state index contributed by atoms with van der Waals surface area (Å²) in [5, 5.41) is 0. The number of nitrogens with zero attached hydrogens (tertiary/aromatic N) is 3. The van der Waals surface area contributed by atoms with Gasteiger partial charge in [0.25, 0.3) is 0 Å². The fourth-order valence-electron chi connectivity index (χ4n) is 2.75. The van der Waals surface area contributed by atoms with Crippen molar-refractivity contribution in [1.29, 1.82) is 0 Å². The van der Waals surface area contributed by atoms with E-state index in [2.05, 4.69) is 30.7 Å².